The van der Waals surface area contributed by atoms with Gasteiger partial charge < -0.3 is 5.11 Å². The minimum atomic E-state index is -0.991. The Morgan fingerprint density at radius 3 is 2.24 bits per heavy atom. The van der Waals surface area contributed by atoms with Crippen LogP contribution in [0.25, 0.3) is 0 Å². The lowest BCUT2D eigenvalue weighted by molar-refractivity contribution is -0.140. The van der Waals surface area contributed by atoms with Crippen LogP contribution < -0.4 is 4.90 Å². The molecule has 4 nitrogen and oxygen atoms in total. The fourth-order valence-corrected chi connectivity index (χ4v) is 3.08. The average Bonchev–Trinajstić information content (AvgIpc) is 2.83. The molecule has 4 heteroatoms. The van der Waals surface area contributed by atoms with Crippen LogP contribution in [-0.4, -0.2) is 23.0 Å². The third-order valence-corrected chi connectivity index (χ3v) is 3.88. The Morgan fingerprint density at radius 2 is 1.62 bits per heavy atom. The number of carbonyl (C=O) groups excluding carboxylic acids is 1. The number of fused-ring (bicyclic) bond motifs is 1. The minimum Gasteiger partial charge on any atom is -0.480 e. The zero-order chi connectivity index (χ0) is 15.0. The highest BCUT2D eigenvalue weighted by atomic mass is 16.4. The van der Waals surface area contributed by atoms with Crippen LogP contribution in [0.3, 0.4) is 0 Å². The van der Waals surface area contributed by atoms with Crippen molar-refractivity contribution >= 4 is 17.6 Å². The van der Waals surface area contributed by atoms with Crippen molar-refractivity contribution in [1.82, 2.24) is 0 Å². The van der Waals surface area contributed by atoms with Gasteiger partial charge in [0, 0.05) is 18.5 Å². The summed E-state index contributed by atoms with van der Waals surface area (Å²) in [6.07, 6.45) is 0. The third kappa shape index (κ3) is 2.09. The molecule has 2 aromatic carbocycles. The minimum absolute atomic E-state index is 0.256. The molecular weight excluding hydrogens is 266 g/mol. The Balaban J connectivity index is 2.22. The number of anilines is 1. The van der Waals surface area contributed by atoms with Crippen molar-refractivity contribution in [2.75, 3.05) is 4.90 Å². The first kappa shape index (κ1) is 13.4. The van der Waals surface area contributed by atoms with Crippen LogP contribution in [-0.2, 0) is 9.59 Å². The van der Waals surface area contributed by atoms with Crippen LogP contribution in [0.15, 0.2) is 54.6 Å². The first-order valence-electron chi connectivity index (χ1n) is 6.77. The van der Waals surface area contributed by atoms with Crippen molar-refractivity contribution in [3.8, 4) is 0 Å². The second-order valence-corrected chi connectivity index (χ2v) is 5.12. The number of carboxylic acids is 1. The van der Waals surface area contributed by atoms with Crippen molar-refractivity contribution in [2.45, 2.75) is 18.9 Å². The van der Waals surface area contributed by atoms with E-state index in [0.29, 0.717) is 5.69 Å². The van der Waals surface area contributed by atoms with Gasteiger partial charge in [0.05, 0.1) is 0 Å². The molecule has 106 valence electrons. The molecule has 0 spiro atoms. The van der Waals surface area contributed by atoms with E-state index in [2.05, 4.69) is 0 Å². The summed E-state index contributed by atoms with van der Waals surface area (Å²) in [5.74, 6) is -1.59. The Bertz CT molecular complexity index is 696. The summed E-state index contributed by atoms with van der Waals surface area (Å²) < 4.78 is 0. The van der Waals surface area contributed by atoms with E-state index in [4.69, 9.17) is 0 Å². The molecule has 0 unspecified atom stereocenters. The number of carboxylic acid groups (broad SMARTS) is 1. The number of nitrogens with zero attached hydrogens (tertiary/aromatic N) is 1. The lowest BCUT2D eigenvalue weighted by atomic mass is 9.88. The van der Waals surface area contributed by atoms with Crippen LogP contribution in [0, 0.1) is 0 Å². The zero-order valence-corrected chi connectivity index (χ0v) is 11.6. The molecule has 0 aliphatic carbocycles. The van der Waals surface area contributed by atoms with Gasteiger partial charge in [-0.2, -0.15) is 0 Å². The lowest BCUT2D eigenvalue weighted by Gasteiger charge is -2.24. The zero-order valence-electron chi connectivity index (χ0n) is 11.6. The summed E-state index contributed by atoms with van der Waals surface area (Å²) in [6, 6.07) is 16.0. The van der Waals surface area contributed by atoms with Gasteiger partial charge in [-0.15, -0.1) is 0 Å². The predicted octanol–water partition coefficient (Wildman–Crippen LogP) is 2.64. The van der Waals surface area contributed by atoms with Crippen LogP contribution in [0.1, 0.15) is 24.0 Å². The van der Waals surface area contributed by atoms with Gasteiger partial charge >= 0.3 is 5.97 Å². The van der Waals surface area contributed by atoms with Crippen LogP contribution >= 0.6 is 0 Å². The summed E-state index contributed by atoms with van der Waals surface area (Å²) in [6.45, 7) is 1.40. The van der Waals surface area contributed by atoms with Crippen LogP contribution in [0.5, 0.6) is 0 Å². The highest BCUT2D eigenvalue weighted by molar-refractivity contribution is 6.02. The van der Waals surface area contributed by atoms with E-state index in [1.165, 1.54) is 11.8 Å². The quantitative estimate of drug-likeness (QED) is 0.920. The highest BCUT2D eigenvalue weighted by Crippen LogP contribution is 2.44. The normalized spacial score (nSPS) is 20.1. The van der Waals surface area contributed by atoms with Crippen molar-refractivity contribution < 1.29 is 14.7 Å². The topological polar surface area (TPSA) is 57.6 Å². The maximum Gasteiger partial charge on any atom is 0.327 e. The molecule has 3 rings (SSSR count). The molecule has 1 N–H and O–H groups in total. The van der Waals surface area contributed by atoms with Crippen molar-refractivity contribution in [3.63, 3.8) is 0 Å². The first-order valence-corrected chi connectivity index (χ1v) is 6.77. The summed E-state index contributed by atoms with van der Waals surface area (Å²) in [4.78, 5) is 25.1. The SMILES string of the molecule is CC(=O)N1c2ccccc2[C@@H](c2ccccc2)[C@@H]1C(=O)O. The molecule has 21 heavy (non-hydrogen) atoms. The largest absolute Gasteiger partial charge is 0.480 e. The molecule has 2 aromatic rings. The van der Waals surface area contributed by atoms with Crippen LogP contribution in [0.2, 0.25) is 0 Å². The number of benzene rings is 2. The molecular formula is C17H15NO3. The molecule has 1 aliphatic rings. The van der Waals surface area contributed by atoms with E-state index in [0.717, 1.165) is 11.1 Å². The first-order chi connectivity index (χ1) is 10.1. The van der Waals surface area contributed by atoms with Gasteiger partial charge in [0.15, 0.2) is 0 Å². The van der Waals surface area contributed by atoms with E-state index in [9.17, 15) is 14.7 Å². The van der Waals surface area contributed by atoms with E-state index in [1.807, 2.05) is 48.5 Å². The van der Waals surface area contributed by atoms with Gasteiger partial charge in [-0.3, -0.25) is 9.69 Å². The van der Waals surface area contributed by atoms with E-state index >= 15 is 0 Å². The second kappa shape index (κ2) is 5.05. The number of carbonyl (C=O) groups is 2. The Morgan fingerprint density at radius 1 is 1.00 bits per heavy atom. The fourth-order valence-electron chi connectivity index (χ4n) is 3.08. The van der Waals surface area contributed by atoms with Gasteiger partial charge in [0.25, 0.3) is 0 Å². The predicted molar refractivity (Wildman–Crippen MR) is 79.3 cm³/mol. The number of rotatable bonds is 2. The number of amides is 1. The molecule has 0 radical (unpaired) electrons. The van der Waals surface area contributed by atoms with E-state index < -0.39 is 12.0 Å². The summed E-state index contributed by atoms with van der Waals surface area (Å²) in [5, 5.41) is 9.64. The van der Waals surface area contributed by atoms with E-state index in [1.54, 1.807) is 6.07 Å². The van der Waals surface area contributed by atoms with Crippen molar-refractivity contribution in [2.24, 2.45) is 0 Å². The van der Waals surface area contributed by atoms with E-state index in [-0.39, 0.29) is 11.8 Å². The van der Waals surface area contributed by atoms with Crippen molar-refractivity contribution in [1.29, 1.82) is 0 Å². The molecule has 0 saturated heterocycles. The average molecular weight is 281 g/mol. The van der Waals surface area contributed by atoms with Gasteiger partial charge in [0.2, 0.25) is 5.91 Å². The number of hydrogen-bond donors (Lipinski definition) is 1. The summed E-state index contributed by atoms with van der Waals surface area (Å²) in [7, 11) is 0. The molecule has 0 bridgehead atoms. The molecule has 0 saturated carbocycles. The van der Waals surface area contributed by atoms with Gasteiger partial charge in [0.1, 0.15) is 6.04 Å². The monoisotopic (exact) mass is 281 g/mol. The van der Waals surface area contributed by atoms with Crippen molar-refractivity contribution in [3.05, 3.63) is 65.7 Å². The van der Waals surface area contributed by atoms with Gasteiger partial charge in [-0.05, 0) is 17.2 Å². The van der Waals surface area contributed by atoms with Gasteiger partial charge in [-0.25, -0.2) is 4.79 Å². The number of hydrogen-bond acceptors (Lipinski definition) is 2. The maximum atomic E-state index is 12.0. The standard InChI is InChI=1S/C17H15NO3/c1-11(19)18-14-10-6-5-9-13(14)15(16(18)17(20)21)12-7-3-2-4-8-12/h2-10,15-16H,1H3,(H,20,21)/t15-,16-/m1/s1. The smallest absolute Gasteiger partial charge is 0.327 e. The lowest BCUT2D eigenvalue weighted by Crippen LogP contribution is -2.43. The Kier molecular flexibility index (Phi) is 3.22. The second-order valence-electron chi connectivity index (χ2n) is 5.12. The Labute approximate surface area is 122 Å². The maximum absolute atomic E-state index is 12.0. The highest BCUT2D eigenvalue weighted by Gasteiger charge is 2.45. The number of para-hydroxylation sites is 1. The fraction of sp³-hybridized carbons (Fsp3) is 0.176. The molecule has 1 heterocycles. The van der Waals surface area contributed by atoms with Gasteiger partial charge in [-0.1, -0.05) is 48.5 Å². The molecule has 1 amide bonds. The van der Waals surface area contributed by atoms with Crippen LogP contribution in [0.4, 0.5) is 5.69 Å². The number of aliphatic carboxylic acids is 1. The summed E-state index contributed by atoms with van der Waals surface area (Å²) >= 11 is 0. The third-order valence-electron chi connectivity index (χ3n) is 3.88. The molecule has 0 fully saturated rings. The summed E-state index contributed by atoms with van der Waals surface area (Å²) in [5.41, 5.74) is 2.47. The molecule has 0 aromatic heterocycles. The molecule has 1 aliphatic heterocycles. The molecule has 2 atom stereocenters. The Hall–Kier alpha value is -2.62.